The smallest absolute Gasteiger partial charge is 0.311 e. The summed E-state index contributed by atoms with van der Waals surface area (Å²) in [5, 5.41) is 9.33. The average molecular weight is 368 g/mol. The largest absolute Gasteiger partial charge is 0.344 e. The molecule has 1 aliphatic carbocycles. The average Bonchev–Trinajstić information content (AvgIpc) is 3.43. The maximum absolute atomic E-state index is 12.9. The molecule has 3 aromatic rings. The van der Waals surface area contributed by atoms with Crippen molar-refractivity contribution in [3.05, 3.63) is 52.9 Å². The number of rotatable bonds is 6. The Kier molecular flexibility index (Phi) is 4.55. The lowest BCUT2D eigenvalue weighted by molar-refractivity contribution is -0.116. The number of H-pyrrole nitrogens is 1. The van der Waals surface area contributed by atoms with Crippen molar-refractivity contribution in [2.45, 2.75) is 31.0 Å². The van der Waals surface area contributed by atoms with Gasteiger partial charge in [0.05, 0.1) is 11.4 Å². The molecule has 1 heterocycles. The fourth-order valence-electron chi connectivity index (χ4n) is 3.18. The van der Waals surface area contributed by atoms with Crippen LogP contribution in [0.1, 0.15) is 25.8 Å². The maximum atomic E-state index is 12.9. The second-order valence-corrected chi connectivity index (χ2v) is 7.28. The Bertz CT molecular complexity index is 1000. The minimum atomic E-state index is -0.191. The normalized spacial score (nSPS) is 13.9. The molecule has 2 aromatic carbocycles. The first-order chi connectivity index (χ1) is 12.7. The zero-order valence-electron chi connectivity index (χ0n) is 14.5. The van der Waals surface area contributed by atoms with E-state index in [0.29, 0.717) is 11.7 Å². The molecule has 7 heteroatoms. The van der Waals surface area contributed by atoms with Crippen LogP contribution in [0.4, 0.5) is 5.69 Å². The molecule has 0 atom stereocenters. The van der Waals surface area contributed by atoms with Crippen LogP contribution in [0.15, 0.2) is 52.4 Å². The summed E-state index contributed by atoms with van der Waals surface area (Å²) in [6.45, 7) is 2.56. The summed E-state index contributed by atoms with van der Waals surface area (Å²) in [7, 11) is 0. The number of nitrogens with one attached hydrogen (secondary N) is 1. The number of aromatic amines is 1. The Morgan fingerprint density at radius 3 is 2.81 bits per heavy atom. The predicted molar refractivity (Wildman–Crippen MR) is 104 cm³/mol. The lowest BCUT2D eigenvalue weighted by atomic mass is 10.1. The number of benzene rings is 2. The molecule has 0 aliphatic heterocycles. The summed E-state index contributed by atoms with van der Waals surface area (Å²) in [5.41, 5.74) is 0.724. The van der Waals surface area contributed by atoms with Gasteiger partial charge in [-0.3, -0.25) is 9.36 Å². The van der Waals surface area contributed by atoms with Gasteiger partial charge in [0.15, 0.2) is 5.16 Å². The van der Waals surface area contributed by atoms with Crippen LogP contribution >= 0.6 is 11.8 Å². The monoisotopic (exact) mass is 368 g/mol. The summed E-state index contributed by atoms with van der Waals surface area (Å²) >= 11 is 1.32. The number of fused-ring (bicyclic) bond motifs is 1. The second-order valence-electron chi connectivity index (χ2n) is 6.34. The van der Waals surface area contributed by atoms with Gasteiger partial charge in [-0.25, -0.2) is 9.89 Å². The Morgan fingerprint density at radius 1 is 1.27 bits per heavy atom. The number of anilines is 1. The van der Waals surface area contributed by atoms with Gasteiger partial charge in [0, 0.05) is 18.0 Å². The zero-order chi connectivity index (χ0) is 18.1. The number of hydrogen-bond donors (Lipinski definition) is 1. The molecule has 0 bridgehead atoms. The van der Waals surface area contributed by atoms with Crippen LogP contribution in [-0.2, 0) is 4.79 Å². The number of carbonyl (C=O) groups is 1. The SMILES string of the molecule is CCN(C(=O)CSc1n[nH]c(=O)n1C1CC1)c1cccc2ccccc12. The first-order valence-corrected chi connectivity index (χ1v) is 9.75. The fourth-order valence-corrected chi connectivity index (χ4v) is 4.07. The van der Waals surface area contributed by atoms with Crippen molar-refractivity contribution in [1.29, 1.82) is 0 Å². The number of carbonyl (C=O) groups excluding carboxylic acids is 1. The molecular formula is C19H20N4O2S. The van der Waals surface area contributed by atoms with Crippen LogP contribution in [0.3, 0.4) is 0 Å². The van der Waals surface area contributed by atoms with E-state index in [9.17, 15) is 9.59 Å². The highest BCUT2D eigenvalue weighted by Crippen LogP contribution is 2.36. The van der Waals surface area contributed by atoms with E-state index in [1.54, 1.807) is 9.47 Å². The molecule has 0 radical (unpaired) electrons. The Labute approximate surface area is 155 Å². The van der Waals surface area contributed by atoms with Gasteiger partial charge in [-0.1, -0.05) is 48.2 Å². The quantitative estimate of drug-likeness (QED) is 0.678. The van der Waals surface area contributed by atoms with Gasteiger partial charge in [0.1, 0.15) is 0 Å². The van der Waals surface area contributed by atoms with Gasteiger partial charge in [0.2, 0.25) is 5.91 Å². The minimum absolute atomic E-state index is 0.00616. The van der Waals surface area contributed by atoms with Crippen LogP contribution < -0.4 is 10.6 Å². The highest BCUT2D eigenvalue weighted by Gasteiger charge is 2.29. The highest BCUT2D eigenvalue weighted by atomic mass is 32.2. The van der Waals surface area contributed by atoms with Crippen LogP contribution in [-0.4, -0.2) is 33.0 Å². The molecule has 4 rings (SSSR count). The molecule has 0 saturated heterocycles. The van der Waals surface area contributed by atoms with Crippen molar-refractivity contribution in [3.63, 3.8) is 0 Å². The summed E-state index contributed by atoms with van der Waals surface area (Å²) < 4.78 is 1.67. The molecule has 1 amide bonds. The number of amides is 1. The number of aromatic nitrogens is 3. The molecule has 1 aromatic heterocycles. The van der Waals surface area contributed by atoms with Gasteiger partial charge in [-0.2, -0.15) is 0 Å². The van der Waals surface area contributed by atoms with Crippen molar-refractivity contribution in [2.24, 2.45) is 0 Å². The molecule has 1 aliphatic rings. The van der Waals surface area contributed by atoms with Crippen LogP contribution in [0.2, 0.25) is 0 Å². The maximum Gasteiger partial charge on any atom is 0.344 e. The third-order valence-electron chi connectivity index (χ3n) is 4.58. The molecule has 134 valence electrons. The molecule has 0 unspecified atom stereocenters. The van der Waals surface area contributed by atoms with Crippen LogP contribution in [0.5, 0.6) is 0 Å². The third kappa shape index (κ3) is 3.14. The molecular weight excluding hydrogens is 348 g/mol. The van der Waals surface area contributed by atoms with E-state index in [1.807, 2.05) is 49.4 Å². The Balaban J connectivity index is 1.55. The summed E-state index contributed by atoms with van der Waals surface area (Å²) in [6, 6.07) is 14.3. The lowest BCUT2D eigenvalue weighted by Crippen LogP contribution is -2.32. The predicted octanol–water partition coefficient (Wildman–Crippen LogP) is 3.20. The van der Waals surface area contributed by atoms with Crippen molar-refractivity contribution < 1.29 is 4.79 Å². The van der Waals surface area contributed by atoms with Gasteiger partial charge < -0.3 is 4.90 Å². The van der Waals surface area contributed by atoms with E-state index >= 15 is 0 Å². The van der Waals surface area contributed by atoms with Crippen molar-refractivity contribution in [3.8, 4) is 0 Å². The first kappa shape index (κ1) is 16.9. The summed E-state index contributed by atoms with van der Waals surface area (Å²) in [4.78, 5) is 26.5. The topological polar surface area (TPSA) is 71.0 Å². The highest BCUT2D eigenvalue weighted by molar-refractivity contribution is 7.99. The van der Waals surface area contributed by atoms with Crippen molar-refractivity contribution >= 4 is 34.1 Å². The number of nitrogens with zero attached hydrogens (tertiary/aromatic N) is 3. The van der Waals surface area contributed by atoms with E-state index in [1.165, 1.54) is 11.8 Å². The van der Waals surface area contributed by atoms with Gasteiger partial charge >= 0.3 is 5.69 Å². The minimum Gasteiger partial charge on any atom is -0.311 e. The van der Waals surface area contributed by atoms with E-state index in [2.05, 4.69) is 10.2 Å². The zero-order valence-corrected chi connectivity index (χ0v) is 15.3. The summed E-state index contributed by atoms with van der Waals surface area (Å²) in [6.07, 6.45) is 2.00. The number of hydrogen-bond acceptors (Lipinski definition) is 4. The van der Waals surface area contributed by atoms with Crippen molar-refractivity contribution in [1.82, 2.24) is 14.8 Å². The third-order valence-corrected chi connectivity index (χ3v) is 5.52. The lowest BCUT2D eigenvalue weighted by Gasteiger charge is -2.22. The summed E-state index contributed by atoms with van der Waals surface area (Å²) in [5.74, 6) is 0.250. The van der Waals surface area contributed by atoms with Crippen LogP contribution in [0.25, 0.3) is 10.8 Å². The molecule has 6 nitrogen and oxygen atoms in total. The molecule has 1 saturated carbocycles. The van der Waals surface area contributed by atoms with E-state index in [-0.39, 0.29) is 23.4 Å². The van der Waals surface area contributed by atoms with E-state index in [0.717, 1.165) is 29.3 Å². The molecule has 1 fully saturated rings. The van der Waals surface area contributed by atoms with Gasteiger partial charge in [-0.15, -0.1) is 5.10 Å². The van der Waals surface area contributed by atoms with Crippen molar-refractivity contribution in [2.75, 3.05) is 17.2 Å². The van der Waals surface area contributed by atoms with Gasteiger partial charge in [0.25, 0.3) is 0 Å². The molecule has 0 spiro atoms. The molecule has 26 heavy (non-hydrogen) atoms. The first-order valence-electron chi connectivity index (χ1n) is 8.77. The van der Waals surface area contributed by atoms with E-state index < -0.39 is 0 Å². The standard InChI is InChI=1S/C19H20N4O2S/c1-2-22(16-9-5-7-13-6-3-4-8-15(13)16)17(24)12-26-19-21-20-18(25)23(19)14-10-11-14/h3-9,14H,2,10-12H2,1H3,(H,20,25). The second kappa shape index (κ2) is 6.99. The Morgan fingerprint density at radius 2 is 2.04 bits per heavy atom. The fraction of sp³-hybridized carbons (Fsp3) is 0.316. The Hall–Kier alpha value is -2.54. The number of thioether (sulfide) groups is 1. The van der Waals surface area contributed by atoms with Gasteiger partial charge in [-0.05, 0) is 31.2 Å². The van der Waals surface area contributed by atoms with Crippen LogP contribution in [0, 0.1) is 0 Å². The molecule has 1 N–H and O–H groups in total. The van der Waals surface area contributed by atoms with E-state index in [4.69, 9.17) is 0 Å².